The molecule has 2 atom stereocenters. The van der Waals surface area contributed by atoms with E-state index in [4.69, 9.17) is 10.4 Å². The maximum atomic E-state index is 8.89. The van der Waals surface area contributed by atoms with Crippen molar-refractivity contribution in [2.45, 2.75) is 38.8 Å². The zero-order valence-corrected chi connectivity index (χ0v) is 8.12. The summed E-state index contributed by atoms with van der Waals surface area (Å²) in [5.74, 6) is 0. The molecule has 2 unspecified atom stereocenters. The molecular weight excluding hydrogens is 152 g/mol. The van der Waals surface area contributed by atoms with Crippen LogP contribution < -0.4 is 0 Å². The average Bonchev–Trinajstić information content (AvgIpc) is 2.11. The molecule has 3 heteroatoms. The molecule has 0 aliphatic heterocycles. The highest BCUT2D eigenvalue weighted by Crippen LogP contribution is 2.09. The number of hydrogen-bond acceptors (Lipinski definition) is 3. The van der Waals surface area contributed by atoms with Gasteiger partial charge in [-0.05, 0) is 20.4 Å². The topological polar surface area (TPSA) is 47.3 Å². The van der Waals surface area contributed by atoms with Gasteiger partial charge in [-0.25, -0.2) is 0 Å². The summed E-state index contributed by atoms with van der Waals surface area (Å²) in [6.45, 7) is 4.17. The number of aliphatic hydroxyl groups is 1. The highest BCUT2D eigenvalue weighted by Gasteiger charge is 2.16. The van der Waals surface area contributed by atoms with Gasteiger partial charge in [0.25, 0.3) is 0 Å². The molecule has 70 valence electrons. The van der Waals surface area contributed by atoms with Gasteiger partial charge in [-0.3, -0.25) is 4.90 Å². The summed E-state index contributed by atoms with van der Waals surface area (Å²) < 4.78 is 0. The molecule has 0 heterocycles. The van der Waals surface area contributed by atoms with Crippen molar-refractivity contribution in [3.05, 3.63) is 0 Å². The molecule has 0 aromatic carbocycles. The van der Waals surface area contributed by atoms with E-state index in [9.17, 15) is 0 Å². The molecule has 0 saturated carbocycles. The average molecular weight is 170 g/mol. The Morgan fingerprint density at radius 1 is 1.58 bits per heavy atom. The van der Waals surface area contributed by atoms with Crippen molar-refractivity contribution >= 4 is 0 Å². The van der Waals surface area contributed by atoms with Crippen LogP contribution in [0.1, 0.15) is 26.7 Å². The van der Waals surface area contributed by atoms with Crippen LogP contribution in [0.2, 0.25) is 0 Å². The molecule has 3 nitrogen and oxygen atoms in total. The van der Waals surface area contributed by atoms with Crippen molar-refractivity contribution in [2.24, 2.45) is 0 Å². The third-order valence-corrected chi connectivity index (χ3v) is 2.33. The molecular formula is C9H18N2O. The van der Waals surface area contributed by atoms with E-state index in [2.05, 4.69) is 17.9 Å². The maximum absolute atomic E-state index is 8.89. The summed E-state index contributed by atoms with van der Waals surface area (Å²) in [6.07, 6.45) is 1.49. The van der Waals surface area contributed by atoms with Gasteiger partial charge in [0.1, 0.15) is 0 Å². The predicted octanol–water partition coefficient (Wildman–Crippen LogP) is 0.991. The lowest BCUT2D eigenvalue weighted by molar-refractivity contribution is 0.119. The van der Waals surface area contributed by atoms with Crippen LogP contribution in [-0.4, -0.2) is 35.7 Å². The Balaban J connectivity index is 4.02. The normalized spacial score (nSPS) is 15.7. The minimum absolute atomic E-state index is 0.142. The first-order chi connectivity index (χ1) is 5.67. The van der Waals surface area contributed by atoms with E-state index in [0.717, 1.165) is 6.42 Å². The van der Waals surface area contributed by atoms with Gasteiger partial charge in [0, 0.05) is 12.1 Å². The Morgan fingerprint density at radius 3 is 2.50 bits per heavy atom. The van der Waals surface area contributed by atoms with E-state index in [-0.39, 0.29) is 18.7 Å². The molecule has 0 spiro atoms. The SMILES string of the molecule is CCC(CC#N)N(C)C(C)CO. The lowest BCUT2D eigenvalue weighted by atomic mass is 10.1. The Hall–Kier alpha value is -0.590. The Kier molecular flexibility index (Phi) is 5.69. The number of likely N-dealkylation sites (N-methyl/N-ethyl adjacent to an activating group) is 1. The van der Waals surface area contributed by atoms with E-state index in [0.29, 0.717) is 6.42 Å². The fraction of sp³-hybridized carbons (Fsp3) is 0.889. The first-order valence-corrected chi connectivity index (χ1v) is 4.37. The standard InChI is InChI=1S/C9H18N2O/c1-4-9(5-6-10)11(3)8(2)7-12/h8-9,12H,4-5,7H2,1-3H3. The predicted molar refractivity (Wildman–Crippen MR) is 48.6 cm³/mol. The summed E-state index contributed by atoms with van der Waals surface area (Å²) in [5.41, 5.74) is 0. The first kappa shape index (κ1) is 11.4. The third kappa shape index (κ3) is 3.21. The quantitative estimate of drug-likeness (QED) is 0.669. The van der Waals surface area contributed by atoms with E-state index >= 15 is 0 Å². The molecule has 0 radical (unpaired) electrons. The van der Waals surface area contributed by atoms with Crippen LogP contribution in [-0.2, 0) is 0 Å². The van der Waals surface area contributed by atoms with Crippen molar-refractivity contribution < 1.29 is 5.11 Å². The van der Waals surface area contributed by atoms with Gasteiger partial charge >= 0.3 is 0 Å². The Labute approximate surface area is 74.6 Å². The van der Waals surface area contributed by atoms with Gasteiger partial charge in [-0.15, -0.1) is 0 Å². The highest BCUT2D eigenvalue weighted by molar-refractivity contribution is 4.82. The second-order valence-corrected chi connectivity index (χ2v) is 3.12. The van der Waals surface area contributed by atoms with E-state index < -0.39 is 0 Å². The van der Waals surface area contributed by atoms with Crippen molar-refractivity contribution in [2.75, 3.05) is 13.7 Å². The van der Waals surface area contributed by atoms with Crippen LogP contribution in [0.25, 0.3) is 0 Å². The number of nitriles is 1. The minimum atomic E-state index is 0.142. The van der Waals surface area contributed by atoms with Gasteiger partial charge < -0.3 is 5.11 Å². The number of rotatable bonds is 5. The van der Waals surface area contributed by atoms with Crippen molar-refractivity contribution in [3.8, 4) is 6.07 Å². The fourth-order valence-electron chi connectivity index (χ4n) is 1.17. The number of nitrogens with zero attached hydrogens (tertiary/aromatic N) is 2. The van der Waals surface area contributed by atoms with Crippen LogP contribution in [0.5, 0.6) is 0 Å². The molecule has 0 fully saturated rings. The summed E-state index contributed by atoms with van der Waals surface area (Å²) in [6, 6.07) is 2.57. The fourth-order valence-corrected chi connectivity index (χ4v) is 1.17. The Bertz CT molecular complexity index is 153. The van der Waals surface area contributed by atoms with Gasteiger partial charge in [-0.2, -0.15) is 5.26 Å². The number of hydrogen-bond donors (Lipinski definition) is 1. The maximum Gasteiger partial charge on any atom is 0.0638 e. The molecule has 0 bridgehead atoms. The molecule has 0 aromatic rings. The summed E-state index contributed by atoms with van der Waals surface area (Å²) in [5, 5.41) is 17.4. The molecule has 0 rings (SSSR count). The smallest absolute Gasteiger partial charge is 0.0638 e. The zero-order chi connectivity index (χ0) is 9.56. The van der Waals surface area contributed by atoms with Gasteiger partial charge in [0.2, 0.25) is 0 Å². The molecule has 0 saturated heterocycles. The van der Waals surface area contributed by atoms with Crippen molar-refractivity contribution in [1.82, 2.24) is 4.90 Å². The third-order valence-electron chi connectivity index (χ3n) is 2.33. The second-order valence-electron chi connectivity index (χ2n) is 3.12. The second kappa shape index (κ2) is 5.99. The zero-order valence-electron chi connectivity index (χ0n) is 8.12. The van der Waals surface area contributed by atoms with Crippen LogP contribution in [0.15, 0.2) is 0 Å². The van der Waals surface area contributed by atoms with Gasteiger partial charge in [0.05, 0.1) is 19.1 Å². The molecule has 0 amide bonds. The lowest BCUT2D eigenvalue weighted by Gasteiger charge is -2.29. The molecule has 0 aromatic heterocycles. The van der Waals surface area contributed by atoms with Crippen LogP contribution in [0.4, 0.5) is 0 Å². The summed E-state index contributed by atoms with van der Waals surface area (Å²) >= 11 is 0. The largest absolute Gasteiger partial charge is 0.395 e. The van der Waals surface area contributed by atoms with Gasteiger partial charge in [0.15, 0.2) is 0 Å². The van der Waals surface area contributed by atoms with Gasteiger partial charge in [-0.1, -0.05) is 6.92 Å². The van der Waals surface area contributed by atoms with Crippen molar-refractivity contribution in [3.63, 3.8) is 0 Å². The summed E-state index contributed by atoms with van der Waals surface area (Å²) in [7, 11) is 1.95. The molecule has 0 aliphatic carbocycles. The molecule has 1 N–H and O–H groups in total. The van der Waals surface area contributed by atoms with Crippen molar-refractivity contribution in [1.29, 1.82) is 5.26 Å². The van der Waals surface area contributed by atoms with E-state index in [1.54, 1.807) is 0 Å². The summed E-state index contributed by atoms with van der Waals surface area (Å²) in [4.78, 5) is 2.06. The monoisotopic (exact) mass is 170 g/mol. The van der Waals surface area contributed by atoms with Crippen LogP contribution >= 0.6 is 0 Å². The van der Waals surface area contributed by atoms with E-state index in [1.165, 1.54) is 0 Å². The van der Waals surface area contributed by atoms with E-state index in [1.807, 2.05) is 14.0 Å². The highest BCUT2D eigenvalue weighted by atomic mass is 16.3. The molecule has 12 heavy (non-hydrogen) atoms. The first-order valence-electron chi connectivity index (χ1n) is 4.37. The Morgan fingerprint density at radius 2 is 2.17 bits per heavy atom. The number of aliphatic hydroxyl groups excluding tert-OH is 1. The molecule has 0 aliphatic rings. The van der Waals surface area contributed by atoms with Crippen LogP contribution in [0.3, 0.4) is 0 Å². The minimum Gasteiger partial charge on any atom is -0.395 e. The lowest BCUT2D eigenvalue weighted by Crippen LogP contribution is -2.40. The van der Waals surface area contributed by atoms with Crippen LogP contribution in [0, 0.1) is 11.3 Å².